The fraction of sp³-hybridized carbons (Fsp3) is 0.333. The third kappa shape index (κ3) is 4.98. The van der Waals surface area contributed by atoms with Crippen LogP contribution in [0.15, 0.2) is 59.7 Å². The first-order chi connectivity index (χ1) is 16.1. The van der Waals surface area contributed by atoms with Gasteiger partial charge in [0.25, 0.3) is 0 Å². The summed E-state index contributed by atoms with van der Waals surface area (Å²) in [6, 6.07) is 8.62. The van der Waals surface area contributed by atoms with Gasteiger partial charge in [0, 0.05) is 55.2 Å². The van der Waals surface area contributed by atoms with Gasteiger partial charge in [0.05, 0.1) is 0 Å². The number of hydrogen-bond acceptors (Lipinski definition) is 6. The van der Waals surface area contributed by atoms with Crippen LogP contribution in [-0.2, 0) is 0 Å². The van der Waals surface area contributed by atoms with E-state index in [9.17, 15) is 4.39 Å². The number of piperazine rings is 1. The second-order valence-electron chi connectivity index (χ2n) is 7.64. The molecule has 1 fully saturated rings. The van der Waals surface area contributed by atoms with Crippen LogP contribution in [0.1, 0.15) is 37.8 Å². The molecule has 4 heterocycles. The van der Waals surface area contributed by atoms with Crippen LogP contribution in [0.25, 0.3) is 5.52 Å². The maximum atomic E-state index is 13.2. The zero-order valence-corrected chi connectivity index (χ0v) is 20.6. The van der Waals surface area contributed by atoms with E-state index in [2.05, 4.69) is 52.7 Å². The van der Waals surface area contributed by atoms with Crippen molar-refractivity contribution in [2.24, 2.45) is 0 Å². The van der Waals surface area contributed by atoms with E-state index in [1.807, 2.05) is 43.0 Å². The average molecular weight is 512 g/mol. The van der Waals surface area contributed by atoms with Crippen molar-refractivity contribution in [3.05, 3.63) is 76.7 Å². The summed E-state index contributed by atoms with van der Waals surface area (Å²) in [6.45, 7) is 9.35. The molecule has 9 heteroatoms. The lowest BCUT2D eigenvalue weighted by molar-refractivity contribution is 0.626. The van der Waals surface area contributed by atoms with Gasteiger partial charge < -0.3 is 9.80 Å². The lowest BCUT2D eigenvalue weighted by Gasteiger charge is -2.35. The topological polar surface area (TPSA) is 62.5 Å². The Morgan fingerprint density at radius 3 is 2.21 bits per heavy atom. The molecule has 0 radical (unpaired) electrons. The van der Waals surface area contributed by atoms with E-state index in [1.165, 1.54) is 12.1 Å². The van der Waals surface area contributed by atoms with Crippen molar-refractivity contribution < 1.29 is 4.39 Å². The van der Waals surface area contributed by atoms with Gasteiger partial charge in [-0.1, -0.05) is 32.9 Å². The highest BCUT2D eigenvalue weighted by Gasteiger charge is 2.22. The summed E-state index contributed by atoms with van der Waals surface area (Å²) >= 11 is 3.51. The molecule has 0 aliphatic carbocycles. The maximum absolute atomic E-state index is 13.2. The molecule has 0 spiro atoms. The van der Waals surface area contributed by atoms with Gasteiger partial charge in [-0.3, -0.25) is 0 Å². The molecule has 33 heavy (non-hydrogen) atoms. The van der Waals surface area contributed by atoms with Gasteiger partial charge in [-0.25, -0.2) is 23.9 Å². The quantitative estimate of drug-likeness (QED) is 0.387. The van der Waals surface area contributed by atoms with Crippen molar-refractivity contribution in [1.29, 1.82) is 0 Å². The van der Waals surface area contributed by atoms with Crippen molar-refractivity contribution in [3.63, 3.8) is 0 Å². The molecule has 172 valence electrons. The molecule has 0 saturated carbocycles. The van der Waals surface area contributed by atoms with Crippen LogP contribution >= 0.6 is 15.9 Å². The molecule has 3 aromatic heterocycles. The predicted octanol–water partition coefficient (Wildman–Crippen LogP) is 4.93. The van der Waals surface area contributed by atoms with Crippen molar-refractivity contribution in [3.8, 4) is 0 Å². The van der Waals surface area contributed by atoms with E-state index in [0.29, 0.717) is 0 Å². The number of benzene rings is 1. The van der Waals surface area contributed by atoms with Crippen LogP contribution < -0.4 is 9.80 Å². The highest BCUT2D eigenvalue weighted by molar-refractivity contribution is 9.10. The summed E-state index contributed by atoms with van der Waals surface area (Å²) < 4.78 is 16.0. The first kappa shape index (κ1) is 23.1. The minimum atomic E-state index is -0.228. The summed E-state index contributed by atoms with van der Waals surface area (Å²) in [5, 5.41) is 4.27. The van der Waals surface area contributed by atoms with Crippen LogP contribution in [-0.4, -0.2) is 50.7 Å². The van der Waals surface area contributed by atoms with E-state index >= 15 is 0 Å². The molecule has 0 N–H and O–H groups in total. The monoisotopic (exact) mass is 511 g/mol. The normalized spacial score (nSPS) is 14.7. The second kappa shape index (κ2) is 10.2. The van der Waals surface area contributed by atoms with Gasteiger partial charge in [0.2, 0.25) is 5.95 Å². The number of halogens is 2. The SMILES string of the molecule is CC.CC(c1ccc(F)cc1)c1cnc(N2CCN(c3ncnn4cc(Br)cc34)CC2)nc1. The Hall–Kier alpha value is -3.07. The number of hydrogen-bond donors (Lipinski definition) is 0. The zero-order valence-electron chi connectivity index (χ0n) is 19.0. The summed E-state index contributed by atoms with van der Waals surface area (Å²) in [4.78, 5) is 18.2. The fourth-order valence-corrected chi connectivity index (χ4v) is 4.32. The number of anilines is 2. The van der Waals surface area contributed by atoms with Crippen molar-refractivity contribution in [2.75, 3.05) is 36.0 Å². The van der Waals surface area contributed by atoms with Gasteiger partial charge in [0.1, 0.15) is 17.7 Å². The highest BCUT2D eigenvalue weighted by atomic mass is 79.9. The summed E-state index contributed by atoms with van der Waals surface area (Å²) in [5.74, 6) is 1.54. The van der Waals surface area contributed by atoms with Gasteiger partial charge in [-0.2, -0.15) is 5.10 Å². The number of aromatic nitrogens is 5. The molecular weight excluding hydrogens is 485 g/mol. The zero-order chi connectivity index (χ0) is 23.4. The Morgan fingerprint density at radius 1 is 0.909 bits per heavy atom. The van der Waals surface area contributed by atoms with Crippen LogP contribution in [0, 0.1) is 5.82 Å². The average Bonchev–Trinajstić information content (AvgIpc) is 3.26. The molecule has 1 unspecified atom stereocenters. The minimum Gasteiger partial charge on any atom is -0.351 e. The first-order valence-corrected chi connectivity index (χ1v) is 11.9. The molecule has 0 bridgehead atoms. The van der Waals surface area contributed by atoms with Gasteiger partial charge in [-0.15, -0.1) is 0 Å². The van der Waals surface area contributed by atoms with E-state index in [0.717, 1.165) is 59.1 Å². The van der Waals surface area contributed by atoms with Crippen LogP contribution in [0.4, 0.5) is 16.2 Å². The molecule has 1 aromatic carbocycles. The maximum Gasteiger partial charge on any atom is 0.225 e. The Morgan fingerprint density at radius 2 is 1.55 bits per heavy atom. The Kier molecular flexibility index (Phi) is 7.17. The molecule has 4 aromatic rings. The smallest absolute Gasteiger partial charge is 0.225 e. The molecule has 1 aliphatic rings. The first-order valence-electron chi connectivity index (χ1n) is 11.1. The molecule has 0 amide bonds. The summed E-state index contributed by atoms with van der Waals surface area (Å²) in [5.41, 5.74) is 3.04. The third-order valence-electron chi connectivity index (χ3n) is 5.74. The molecule has 1 aliphatic heterocycles. The van der Waals surface area contributed by atoms with E-state index in [4.69, 9.17) is 0 Å². The lowest BCUT2D eigenvalue weighted by atomic mass is 9.95. The van der Waals surface area contributed by atoms with Crippen molar-refractivity contribution in [2.45, 2.75) is 26.7 Å². The Balaban J connectivity index is 0.00000126. The van der Waals surface area contributed by atoms with Crippen molar-refractivity contribution >= 4 is 33.2 Å². The standard InChI is InChI=1S/C22H21BrFN7.C2H6/c1-15(16-2-4-19(24)5-3-16)17-11-25-22(26-12-17)30-8-6-29(7-9-30)21-20-10-18(23)13-31(20)28-14-27-21;1-2/h2-5,10-15H,6-9H2,1H3;1-2H3. The Bertz CT molecular complexity index is 1190. The molecule has 1 saturated heterocycles. The largest absolute Gasteiger partial charge is 0.351 e. The number of nitrogens with zero attached hydrogens (tertiary/aromatic N) is 7. The van der Waals surface area contributed by atoms with Gasteiger partial charge in [0.15, 0.2) is 5.82 Å². The number of fused-ring (bicyclic) bond motifs is 1. The number of rotatable bonds is 4. The van der Waals surface area contributed by atoms with Crippen LogP contribution in [0.2, 0.25) is 0 Å². The lowest BCUT2D eigenvalue weighted by Crippen LogP contribution is -2.47. The van der Waals surface area contributed by atoms with E-state index < -0.39 is 0 Å². The van der Waals surface area contributed by atoms with Crippen molar-refractivity contribution in [1.82, 2.24) is 24.6 Å². The summed E-state index contributed by atoms with van der Waals surface area (Å²) in [7, 11) is 0. The molecular formula is C24H27BrFN7. The molecule has 7 nitrogen and oxygen atoms in total. The molecule has 5 rings (SSSR count). The van der Waals surface area contributed by atoms with Gasteiger partial charge in [-0.05, 0) is 45.3 Å². The predicted molar refractivity (Wildman–Crippen MR) is 132 cm³/mol. The van der Waals surface area contributed by atoms with E-state index in [1.54, 1.807) is 18.5 Å². The third-order valence-corrected chi connectivity index (χ3v) is 6.18. The van der Waals surface area contributed by atoms with Crippen LogP contribution in [0.5, 0.6) is 0 Å². The van der Waals surface area contributed by atoms with Gasteiger partial charge >= 0.3 is 0 Å². The van der Waals surface area contributed by atoms with Crippen LogP contribution in [0.3, 0.4) is 0 Å². The highest BCUT2D eigenvalue weighted by Crippen LogP contribution is 2.26. The summed E-state index contributed by atoms with van der Waals surface area (Å²) in [6.07, 6.45) is 7.26. The Labute approximate surface area is 201 Å². The van der Waals surface area contributed by atoms with E-state index in [-0.39, 0.29) is 11.7 Å². The fourth-order valence-electron chi connectivity index (χ4n) is 3.91. The molecule has 1 atom stereocenters. The minimum absolute atomic E-state index is 0.105. The second-order valence-corrected chi connectivity index (χ2v) is 8.55.